The Morgan fingerprint density at radius 3 is 2.08 bits per heavy atom. The van der Waals surface area contributed by atoms with Crippen LogP contribution in [0.15, 0.2) is 65.3 Å². The first-order valence-corrected chi connectivity index (χ1v) is 11.3. The molecule has 0 bridgehead atoms. The first-order valence-electron chi connectivity index (χ1n) is 7.45. The van der Waals surface area contributed by atoms with Crippen molar-refractivity contribution in [3.63, 3.8) is 0 Å². The van der Waals surface area contributed by atoms with Crippen LogP contribution in [-0.4, -0.2) is 10.5 Å². The van der Waals surface area contributed by atoms with Gasteiger partial charge in [0, 0.05) is 56.7 Å². The molecule has 0 aliphatic rings. The molecule has 1 aromatic heterocycles. The first-order chi connectivity index (χ1) is 11.9. The number of hydrogen-bond donors (Lipinski definition) is 0. The molecule has 0 aliphatic heterocycles. The van der Waals surface area contributed by atoms with E-state index in [1.807, 2.05) is 6.07 Å². The first kappa shape index (κ1) is 21.5. The molecule has 7 heteroatoms. The molecule has 3 aromatic rings. The number of halogens is 3. The van der Waals surface area contributed by atoms with Crippen molar-refractivity contribution in [1.82, 2.24) is 10.5 Å². The van der Waals surface area contributed by atoms with Gasteiger partial charge in [0.25, 0.3) is 0 Å². The predicted octanol–water partition coefficient (Wildman–Crippen LogP) is 6.06. The Morgan fingerprint density at radius 1 is 1.00 bits per heavy atom. The number of hydrogen-bond acceptors (Lipinski definition) is 1. The van der Waals surface area contributed by atoms with E-state index in [0.29, 0.717) is 0 Å². The summed E-state index contributed by atoms with van der Waals surface area (Å²) < 4.78 is 8.78. The van der Waals surface area contributed by atoms with Crippen LogP contribution in [0.1, 0.15) is 5.56 Å². The summed E-state index contributed by atoms with van der Waals surface area (Å²) in [6.45, 7) is 0.981. The number of aryl methyl sites for hydroxylation is 1. The van der Waals surface area contributed by atoms with Crippen molar-refractivity contribution in [3.8, 4) is 11.3 Å². The molecule has 0 saturated heterocycles. The zero-order valence-electron chi connectivity index (χ0n) is 13.8. The summed E-state index contributed by atoms with van der Waals surface area (Å²) in [6, 6.07) is 18.8. The zero-order valence-corrected chi connectivity index (χ0v) is 21.9. The molecule has 0 atom stereocenters. The molecule has 0 radical (unpaired) electrons. The maximum absolute atomic E-state index is 3.39. The van der Waals surface area contributed by atoms with Gasteiger partial charge in [-0.3, -0.25) is 0 Å². The number of benzene rings is 2. The third kappa shape index (κ3) is 6.72. The molecule has 3 nitrogen and oxygen atoms in total. The van der Waals surface area contributed by atoms with Gasteiger partial charge < -0.3 is 0 Å². The van der Waals surface area contributed by atoms with Crippen LogP contribution in [0, 0.1) is 3.80 Å². The molecular weight excluding hydrogens is 787 g/mol. The number of rotatable bonds is 3. The molecule has 1 heterocycles. The molecule has 0 saturated carbocycles. The number of aromatic nitrogens is 2. The fourth-order valence-electron chi connectivity index (χ4n) is 2.25. The average Bonchev–Trinajstić information content (AvgIpc) is 2.85. The second kappa shape index (κ2) is 10.5. The van der Waals surface area contributed by atoms with Gasteiger partial charge in [0.05, 0.1) is 0 Å². The summed E-state index contributed by atoms with van der Waals surface area (Å²) >= 11 is 10.2. The quantitative estimate of drug-likeness (QED) is 0.232. The van der Waals surface area contributed by atoms with E-state index >= 15 is 0 Å². The van der Waals surface area contributed by atoms with Crippen molar-refractivity contribution in [2.75, 3.05) is 0 Å². The van der Waals surface area contributed by atoms with Crippen LogP contribution in [0.2, 0.25) is 0 Å². The van der Waals surface area contributed by atoms with Gasteiger partial charge in [0.2, 0.25) is 0 Å². The van der Waals surface area contributed by atoms with Crippen molar-refractivity contribution >= 4 is 61.7 Å². The van der Waals surface area contributed by atoms with Crippen molar-refractivity contribution in [2.45, 2.75) is 6.54 Å². The summed E-state index contributed by atoms with van der Waals surface area (Å²) in [7, 11) is 4.15. The maximum atomic E-state index is 3.39. The van der Waals surface area contributed by atoms with Crippen LogP contribution in [0.3, 0.4) is 0 Å². The van der Waals surface area contributed by atoms with Crippen LogP contribution in [0.5, 0.6) is 0 Å². The van der Waals surface area contributed by atoms with Gasteiger partial charge >= 0.3 is 94.2 Å². The summed E-state index contributed by atoms with van der Waals surface area (Å²) in [5.41, 5.74) is 3.84. The standard InChI is InChI=1S/C11H12N2.C7H6BrI2N.Pt/c1-12-8-11(13(2)9-12)10-6-4-3-5-7-10;8-7-3-1-6(2-4-7)5-11(9)10;/h3-8H,1-2H3;1-4H,5H2;. The van der Waals surface area contributed by atoms with E-state index in [2.05, 4.69) is 160 Å². The molecule has 0 aliphatic carbocycles. The molecule has 2 aromatic carbocycles. The Morgan fingerprint density at radius 2 is 1.60 bits per heavy atom. The molecule has 0 amide bonds. The van der Waals surface area contributed by atoms with E-state index in [1.54, 1.807) is 0 Å². The molecule has 136 valence electrons. The van der Waals surface area contributed by atoms with E-state index in [-0.39, 0.29) is 0 Å². The van der Waals surface area contributed by atoms with E-state index < -0.39 is 0 Å². The third-order valence-corrected chi connectivity index (χ3v) is 6.26. The number of nitrogens with zero attached hydrogens (tertiary/aromatic N) is 3. The topological polar surface area (TPSA) is 13.1 Å². The molecule has 0 fully saturated rings. The van der Waals surface area contributed by atoms with Gasteiger partial charge in [-0.1, -0.05) is 28.1 Å². The van der Waals surface area contributed by atoms with Gasteiger partial charge in [0.15, 0.2) is 0 Å². The second-order valence-corrected chi connectivity index (χ2v) is 11.5. The monoisotopic (exact) mass is 804 g/mol. The minimum atomic E-state index is 0.981. The summed E-state index contributed by atoms with van der Waals surface area (Å²) in [5.74, 6) is 0. The molecular formula is C18H18BrI2N3Pt. The third-order valence-electron chi connectivity index (χ3n) is 3.49. The summed E-state index contributed by atoms with van der Waals surface area (Å²) in [4.78, 5) is 0. The van der Waals surface area contributed by atoms with Crippen molar-refractivity contribution in [3.05, 3.63) is 74.6 Å². The molecule has 25 heavy (non-hydrogen) atoms. The van der Waals surface area contributed by atoms with Crippen molar-refractivity contribution in [2.24, 2.45) is 14.1 Å². The van der Waals surface area contributed by atoms with Gasteiger partial charge in [0.1, 0.15) is 0 Å². The van der Waals surface area contributed by atoms with Crippen LogP contribution in [0.4, 0.5) is 0 Å². The molecule has 0 N–H and O–H groups in total. The van der Waals surface area contributed by atoms with Crippen LogP contribution in [-0.2, 0) is 40.0 Å². The second-order valence-electron chi connectivity index (χ2n) is 5.38. The Labute approximate surface area is 196 Å². The normalized spacial score (nSPS) is 10.6. The fourth-order valence-corrected chi connectivity index (χ4v) is 3.73. The van der Waals surface area contributed by atoms with E-state index in [0.717, 1.165) is 11.0 Å². The SMILES string of the molecule is Brc1ccc(CN(I)I)cc1.Cn1cc(-c2ccccc2)n(C)[c]1=[Pt]. The van der Waals surface area contributed by atoms with Crippen LogP contribution >= 0.6 is 61.7 Å². The molecule has 0 spiro atoms. The minimum absolute atomic E-state index is 0.981. The Kier molecular flexibility index (Phi) is 9.08. The Bertz CT molecular complexity index is 858. The van der Waals surface area contributed by atoms with E-state index in [1.165, 1.54) is 20.6 Å². The van der Waals surface area contributed by atoms with Gasteiger partial charge in [-0.15, -0.1) is 0 Å². The average molecular weight is 805 g/mol. The Balaban J connectivity index is 0.000000186. The Hall–Kier alpha value is 0.238. The fraction of sp³-hybridized carbons (Fsp3) is 0.167. The van der Waals surface area contributed by atoms with Gasteiger partial charge in [-0.2, -0.15) is 1.33 Å². The van der Waals surface area contributed by atoms with Crippen LogP contribution < -0.4 is 0 Å². The van der Waals surface area contributed by atoms with Crippen LogP contribution in [0.25, 0.3) is 11.3 Å². The van der Waals surface area contributed by atoms with Gasteiger partial charge in [-0.05, 0) is 17.7 Å². The predicted molar refractivity (Wildman–Crippen MR) is 121 cm³/mol. The molecule has 3 rings (SSSR count). The van der Waals surface area contributed by atoms with E-state index in [9.17, 15) is 0 Å². The summed E-state index contributed by atoms with van der Waals surface area (Å²) in [6.07, 6.45) is 2.15. The molecule has 0 unspecified atom stereocenters. The van der Waals surface area contributed by atoms with E-state index in [4.69, 9.17) is 0 Å². The zero-order chi connectivity index (χ0) is 18.4. The van der Waals surface area contributed by atoms with Crippen molar-refractivity contribution < 1.29 is 19.4 Å². The summed E-state index contributed by atoms with van der Waals surface area (Å²) in [5, 5.41) is 0. The number of imidazole rings is 1. The van der Waals surface area contributed by atoms with Gasteiger partial charge in [-0.25, -0.2) is 0 Å². The van der Waals surface area contributed by atoms with Crippen molar-refractivity contribution in [1.29, 1.82) is 0 Å².